The molecular weight excluding hydrogens is 423 g/mol. The Labute approximate surface area is 176 Å². The monoisotopic (exact) mass is 436 g/mol. The van der Waals surface area contributed by atoms with Crippen molar-refractivity contribution in [2.24, 2.45) is 0 Å². The van der Waals surface area contributed by atoms with Gasteiger partial charge in [-0.05, 0) is 42.1 Å². The van der Waals surface area contributed by atoms with Crippen LogP contribution in [0.15, 0.2) is 42.0 Å². The highest BCUT2D eigenvalue weighted by Gasteiger charge is 2.35. The summed E-state index contributed by atoms with van der Waals surface area (Å²) >= 11 is 17.6. The summed E-state index contributed by atoms with van der Waals surface area (Å²) in [5, 5.41) is 3.04. The number of hydrogen-bond acceptors (Lipinski definition) is 5. The normalized spacial score (nSPS) is 15.6. The molecule has 2 aromatic rings. The van der Waals surface area contributed by atoms with E-state index in [1.165, 1.54) is 31.3 Å². The van der Waals surface area contributed by atoms with Gasteiger partial charge in [-0.25, -0.2) is 0 Å². The standard InChI is InChI=1S/C19H14Cl2N2O4S/c1-26-15-8-10(13(21)9-16(15)27-2)7-11-17(24)22-19(28)23(18(11)25)14-6-4-3-5-12(14)20/h3-9H,1-2H3,(H,22,24,28)/b11-7+. The van der Waals surface area contributed by atoms with E-state index in [0.29, 0.717) is 27.8 Å². The molecule has 1 saturated heterocycles. The first-order valence-corrected chi connectivity index (χ1v) is 9.11. The van der Waals surface area contributed by atoms with Crippen LogP contribution in [0.5, 0.6) is 11.5 Å². The van der Waals surface area contributed by atoms with Gasteiger partial charge < -0.3 is 9.47 Å². The lowest BCUT2D eigenvalue weighted by molar-refractivity contribution is -0.122. The van der Waals surface area contributed by atoms with Gasteiger partial charge >= 0.3 is 0 Å². The second-order valence-electron chi connectivity index (χ2n) is 5.64. The first-order chi connectivity index (χ1) is 13.4. The van der Waals surface area contributed by atoms with Gasteiger partial charge in [0.1, 0.15) is 5.57 Å². The first kappa shape index (κ1) is 20.1. The van der Waals surface area contributed by atoms with Crippen LogP contribution in [0.3, 0.4) is 0 Å². The largest absolute Gasteiger partial charge is 0.493 e. The minimum Gasteiger partial charge on any atom is -0.493 e. The van der Waals surface area contributed by atoms with Crippen molar-refractivity contribution >= 4 is 64.1 Å². The Morgan fingerprint density at radius 3 is 2.32 bits per heavy atom. The summed E-state index contributed by atoms with van der Waals surface area (Å²) in [5.74, 6) is -0.425. The Morgan fingerprint density at radius 2 is 1.68 bits per heavy atom. The predicted octanol–water partition coefficient (Wildman–Crippen LogP) is 3.84. The number of hydrogen-bond donors (Lipinski definition) is 1. The van der Waals surface area contributed by atoms with Crippen molar-refractivity contribution in [2.45, 2.75) is 0 Å². The van der Waals surface area contributed by atoms with E-state index >= 15 is 0 Å². The molecule has 1 heterocycles. The zero-order valence-electron chi connectivity index (χ0n) is 14.8. The maximum Gasteiger partial charge on any atom is 0.270 e. The maximum atomic E-state index is 13.0. The highest BCUT2D eigenvalue weighted by Crippen LogP contribution is 2.35. The SMILES string of the molecule is COc1cc(Cl)c(/C=C2\C(=O)NC(=S)N(c3ccccc3Cl)C2=O)cc1OC. The molecule has 2 amide bonds. The van der Waals surface area contributed by atoms with Crippen molar-refractivity contribution in [3.05, 3.63) is 57.6 Å². The lowest BCUT2D eigenvalue weighted by atomic mass is 10.1. The van der Waals surface area contributed by atoms with E-state index < -0.39 is 11.8 Å². The fraction of sp³-hybridized carbons (Fsp3) is 0.105. The van der Waals surface area contributed by atoms with Crippen LogP contribution in [0, 0.1) is 0 Å². The summed E-state index contributed by atoms with van der Waals surface area (Å²) in [7, 11) is 2.95. The lowest BCUT2D eigenvalue weighted by Gasteiger charge is -2.29. The number of carbonyl (C=O) groups excluding carboxylic acids is 2. The Balaban J connectivity index is 2.09. The number of para-hydroxylation sites is 1. The third-order valence-corrected chi connectivity index (χ3v) is 4.93. The molecule has 144 valence electrons. The zero-order chi connectivity index (χ0) is 20.4. The minimum atomic E-state index is -0.635. The number of methoxy groups -OCH3 is 2. The number of anilines is 1. The van der Waals surface area contributed by atoms with Gasteiger partial charge in [-0.1, -0.05) is 35.3 Å². The van der Waals surface area contributed by atoms with E-state index in [9.17, 15) is 9.59 Å². The topological polar surface area (TPSA) is 67.9 Å². The van der Waals surface area contributed by atoms with Crippen LogP contribution in [0.1, 0.15) is 5.56 Å². The zero-order valence-corrected chi connectivity index (χ0v) is 17.1. The van der Waals surface area contributed by atoms with Crippen LogP contribution in [0.25, 0.3) is 6.08 Å². The van der Waals surface area contributed by atoms with Crippen molar-refractivity contribution in [1.82, 2.24) is 5.32 Å². The van der Waals surface area contributed by atoms with Gasteiger partial charge in [0.25, 0.3) is 11.8 Å². The molecule has 1 aliphatic heterocycles. The molecule has 3 rings (SSSR count). The van der Waals surface area contributed by atoms with E-state index in [0.717, 1.165) is 0 Å². The smallest absolute Gasteiger partial charge is 0.270 e. The number of halogens is 2. The summed E-state index contributed by atoms with van der Waals surface area (Å²) in [6.45, 7) is 0. The Morgan fingerprint density at radius 1 is 1.04 bits per heavy atom. The first-order valence-electron chi connectivity index (χ1n) is 7.95. The number of thiocarbonyl (C=S) groups is 1. The summed E-state index contributed by atoms with van der Waals surface area (Å²) in [6, 6.07) is 9.79. The van der Waals surface area contributed by atoms with Gasteiger partial charge in [0, 0.05) is 6.07 Å². The third-order valence-electron chi connectivity index (χ3n) is 4.00. The average Bonchev–Trinajstić information content (AvgIpc) is 2.67. The van der Waals surface area contributed by atoms with Crippen molar-refractivity contribution in [3.63, 3.8) is 0 Å². The second-order valence-corrected chi connectivity index (χ2v) is 6.84. The molecule has 2 aromatic carbocycles. The highest BCUT2D eigenvalue weighted by molar-refractivity contribution is 7.80. The van der Waals surface area contributed by atoms with Gasteiger partial charge in [-0.2, -0.15) is 0 Å². The predicted molar refractivity (Wildman–Crippen MR) is 112 cm³/mol. The Bertz CT molecular complexity index is 1020. The summed E-state index contributed by atoms with van der Waals surface area (Å²) in [4.78, 5) is 26.6. The quantitative estimate of drug-likeness (QED) is 0.447. The van der Waals surface area contributed by atoms with Crippen LogP contribution in [-0.4, -0.2) is 31.1 Å². The molecule has 28 heavy (non-hydrogen) atoms. The lowest BCUT2D eigenvalue weighted by Crippen LogP contribution is -2.54. The molecule has 0 bridgehead atoms. The fourth-order valence-electron chi connectivity index (χ4n) is 2.65. The molecule has 0 aliphatic carbocycles. The van der Waals surface area contributed by atoms with Crippen molar-refractivity contribution in [1.29, 1.82) is 0 Å². The second kappa shape index (κ2) is 8.18. The number of benzene rings is 2. The third kappa shape index (κ3) is 3.69. The number of nitrogens with zero attached hydrogens (tertiary/aromatic N) is 1. The number of amides is 2. The van der Waals surface area contributed by atoms with Gasteiger partial charge in [0.15, 0.2) is 16.6 Å². The van der Waals surface area contributed by atoms with E-state index in [-0.39, 0.29) is 15.7 Å². The maximum absolute atomic E-state index is 13.0. The molecular formula is C19H14Cl2N2O4S. The number of ether oxygens (including phenoxy) is 2. The molecule has 1 N–H and O–H groups in total. The molecule has 9 heteroatoms. The molecule has 0 unspecified atom stereocenters. The molecule has 0 spiro atoms. The van der Waals surface area contributed by atoms with Crippen LogP contribution in [0.4, 0.5) is 5.69 Å². The molecule has 0 saturated carbocycles. The van der Waals surface area contributed by atoms with Crippen molar-refractivity contribution < 1.29 is 19.1 Å². The number of nitrogens with one attached hydrogen (secondary N) is 1. The molecule has 6 nitrogen and oxygen atoms in total. The van der Waals surface area contributed by atoms with Gasteiger partial charge in [0.05, 0.1) is 30.0 Å². The van der Waals surface area contributed by atoms with Gasteiger partial charge in [0.2, 0.25) is 0 Å². The molecule has 1 aliphatic rings. The molecule has 0 radical (unpaired) electrons. The summed E-state index contributed by atoms with van der Waals surface area (Å²) in [6.07, 6.45) is 1.37. The van der Waals surface area contributed by atoms with Crippen molar-refractivity contribution in [2.75, 3.05) is 19.1 Å². The van der Waals surface area contributed by atoms with E-state index in [4.69, 9.17) is 44.9 Å². The summed E-state index contributed by atoms with van der Waals surface area (Å²) < 4.78 is 10.4. The van der Waals surface area contributed by atoms with Crippen molar-refractivity contribution in [3.8, 4) is 11.5 Å². The molecule has 0 atom stereocenters. The Kier molecular flexibility index (Phi) is 5.88. The van der Waals surface area contributed by atoms with E-state index in [1.807, 2.05) is 0 Å². The fourth-order valence-corrected chi connectivity index (χ4v) is 3.35. The minimum absolute atomic E-state index is 0.0568. The van der Waals surface area contributed by atoms with Gasteiger partial charge in [-0.15, -0.1) is 0 Å². The van der Waals surface area contributed by atoms with Crippen LogP contribution in [-0.2, 0) is 9.59 Å². The molecule has 0 aromatic heterocycles. The van der Waals surface area contributed by atoms with E-state index in [1.54, 1.807) is 30.3 Å². The van der Waals surface area contributed by atoms with E-state index in [2.05, 4.69) is 5.32 Å². The van der Waals surface area contributed by atoms with Crippen LogP contribution in [0.2, 0.25) is 10.0 Å². The highest BCUT2D eigenvalue weighted by atomic mass is 35.5. The van der Waals surface area contributed by atoms with Crippen LogP contribution < -0.4 is 19.7 Å². The van der Waals surface area contributed by atoms with Gasteiger partial charge in [-0.3, -0.25) is 19.8 Å². The number of carbonyl (C=O) groups is 2. The molecule has 1 fully saturated rings. The van der Waals surface area contributed by atoms with Crippen LogP contribution >= 0.6 is 35.4 Å². The average molecular weight is 437 g/mol. The Hall–Kier alpha value is -2.61. The summed E-state index contributed by atoms with van der Waals surface area (Å²) in [5.41, 5.74) is 0.621. The number of rotatable bonds is 4.